The van der Waals surface area contributed by atoms with Gasteiger partial charge in [0.25, 0.3) is 0 Å². The summed E-state index contributed by atoms with van der Waals surface area (Å²) >= 11 is 4.93. The third kappa shape index (κ3) is 2.55. The first-order valence-corrected chi connectivity index (χ1v) is 8.36. The van der Waals surface area contributed by atoms with Crippen LogP contribution in [0, 0.1) is 5.82 Å². The van der Waals surface area contributed by atoms with Crippen molar-refractivity contribution in [3.05, 3.63) is 52.1 Å². The zero-order valence-corrected chi connectivity index (χ0v) is 14.3. The molecule has 4 aromatic rings. The Balaban J connectivity index is 1.73. The summed E-state index contributed by atoms with van der Waals surface area (Å²) in [6.45, 7) is 0. The molecule has 0 radical (unpaired) electrons. The van der Waals surface area contributed by atoms with Crippen LogP contribution in [0.1, 0.15) is 11.4 Å². The van der Waals surface area contributed by atoms with Crippen molar-refractivity contribution in [1.29, 1.82) is 0 Å². The molecule has 0 saturated carbocycles. The zero-order valence-electron chi connectivity index (χ0n) is 11.9. The van der Waals surface area contributed by atoms with Crippen LogP contribution < -0.4 is 0 Å². The Morgan fingerprint density at radius 2 is 2.00 bits per heavy atom. The standard InChI is InChI=1S/C14H10BrFN6S/c1-21-12(10(15)7-17-21)13-20-22-11(18-19-14(22)23-13)6-8-2-4-9(16)5-3-8/h2-5,7H,6H2,1H3. The van der Waals surface area contributed by atoms with Crippen molar-refractivity contribution >= 4 is 32.2 Å². The van der Waals surface area contributed by atoms with Gasteiger partial charge in [-0.2, -0.15) is 14.7 Å². The first kappa shape index (κ1) is 14.5. The maximum absolute atomic E-state index is 13.0. The van der Waals surface area contributed by atoms with Gasteiger partial charge in [-0.25, -0.2) is 4.39 Å². The summed E-state index contributed by atoms with van der Waals surface area (Å²) in [6.07, 6.45) is 2.27. The van der Waals surface area contributed by atoms with Gasteiger partial charge in [-0.05, 0) is 33.6 Å². The van der Waals surface area contributed by atoms with E-state index in [2.05, 4.69) is 36.3 Å². The predicted molar refractivity (Wildman–Crippen MR) is 87.8 cm³/mol. The second-order valence-corrected chi connectivity index (χ2v) is 6.80. The minimum atomic E-state index is -0.253. The molecule has 0 aliphatic carbocycles. The van der Waals surface area contributed by atoms with E-state index in [0.717, 1.165) is 20.7 Å². The van der Waals surface area contributed by atoms with E-state index >= 15 is 0 Å². The molecule has 23 heavy (non-hydrogen) atoms. The van der Waals surface area contributed by atoms with E-state index in [1.54, 1.807) is 27.5 Å². The van der Waals surface area contributed by atoms with Crippen LogP contribution in [0.3, 0.4) is 0 Å². The number of benzene rings is 1. The molecule has 9 heteroatoms. The average molecular weight is 393 g/mol. The van der Waals surface area contributed by atoms with Gasteiger partial charge in [-0.15, -0.1) is 10.2 Å². The lowest BCUT2D eigenvalue weighted by Crippen LogP contribution is -1.99. The highest BCUT2D eigenvalue weighted by Gasteiger charge is 2.17. The maximum Gasteiger partial charge on any atom is 0.235 e. The Morgan fingerprint density at radius 3 is 2.70 bits per heavy atom. The van der Waals surface area contributed by atoms with Crippen molar-refractivity contribution in [3.63, 3.8) is 0 Å². The largest absolute Gasteiger partial charge is 0.264 e. The number of fused-ring (bicyclic) bond motifs is 1. The molecule has 6 nitrogen and oxygen atoms in total. The minimum Gasteiger partial charge on any atom is -0.264 e. The molecule has 0 fully saturated rings. The molecule has 4 rings (SSSR count). The van der Waals surface area contributed by atoms with Gasteiger partial charge in [0.05, 0.1) is 10.7 Å². The van der Waals surface area contributed by atoms with Gasteiger partial charge < -0.3 is 0 Å². The van der Waals surface area contributed by atoms with Gasteiger partial charge >= 0.3 is 0 Å². The first-order valence-electron chi connectivity index (χ1n) is 6.75. The number of nitrogens with zero attached hydrogens (tertiary/aromatic N) is 6. The fourth-order valence-electron chi connectivity index (χ4n) is 2.30. The summed E-state index contributed by atoms with van der Waals surface area (Å²) in [5, 5.41) is 17.9. The number of halogens is 2. The Kier molecular flexibility index (Phi) is 3.46. The van der Waals surface area contributed by atoms with Crippen LogP contribution in [-0.4, -0.2) is 29.6 Å². The summed E-state index contributed by atoms with van der Waals surface area (Å²) in [5.41, 5.74) is 1.85. The summed E-state index contributed by atoms with van der Waals surface area (Å²) in [5.74, 6) is 0.463. The van der Waals surface area contributed by atoms with Gasteiger partial charge in [0.15, 0.2) is 10.8 Å². The fourth-order valence-corrected chi connectivity index (χ4v) is 3.92. The van der Waals surface area contributed by atoms with Crippen LogP contribution in [0.15, 0.2) is 34.9 Å². The number of rotatable bonds is 3. The van der Waals surface area contributed by atoms with E-state index in [9.17, 15) is 4.39 Å². The maximum atomic E-state index is 13.0. The molecule has 0 N–H and O–H groups in total. The van der Waals surface area contributed by atoms with Crippen molar-refractivity contribution in [2.45, 2.75) is 6.42 Å². The highest BCUT2D eigenvalue weighted by atomic mass is 79.9. The Morgan fingerprint density at radius 1 is 1.22 bits per heavy atom. The predicted octanol–water partition coefficient (Wildman–Crippen LogP) is 3.08. The van der Waals surface area contributed by atoms with Gasteiger partial charge in [0.1, 0.15) is 11.5 Å². The van der Waals surface area contributed by atoms with Gasteiger partial charge in [-0.3, -0.25) is 4.68 Å². The fraction of sp³-hybridized carbons (Fsp3) is 0.143. The average Bonchev–Trinajstić information content (AvgIpc) is 3.18. The van der Waals surface area contributed by atoms with Crippen LogP contribution >= 0.6 is 27.3 Å². The molecule has 0 saturated heterocycles. The van der Waals surface area contributed by atoms with Crippen molar-refractivity contribution < 1.29 is 4.39 Å². The van der Waals surface area contributed by atoms with Crippen LogP contribution in [0.4, 0.5) is 4.39 Å². The molecule has 0 amide bonds. The van der Waals surface area contributed by atoms with Gasteiger partial charge in [0.2, 0.25) is 4.96 Å². The van der Waals surface area contributed by atoms with Crippen molar-refractivity contribution in [2.24, 2.45) is 7.05 Å². The lowest BCUT2D eigenvalue weighted by Gasteiger charge is -1.99. The Bertz CT molecular complexity index is 967. The van der Waals surface area contributed by atoms with Crippen LogP contribution in [0.2, 0.25) is 0 Å². The summed E-state index contributed by atoms with van der Waals surface area (Å²) < 4.78 is 17.4. The van der Waals surface area contributed by atoms with E-state index in [0.29, 0.717) is 17.2 Å². The monoisotopic (exact) mass is 392 g/mol. The molecule has 1 aromatic carbocycles. The number of aryl methyl sites for hydroxylation is 1. The second-order valence-electron chi connectivity index (χ2n) is 4.99. The van der Waals surface area contributed by atoms with Crippen LogP contribution in [0.25, 0.3) is 15.7 Å². The smallest absolute Gasteiger partial charge is 0.235 e. The lowest BCUT2D eigenvalue weighted by molar-refractivity contribution is 0.627. The quantitative estimate of drug-likeness (QED) is 0.537. The summed E-state index contributed by atoms with van der Waals surface area (Å²) in [4.78, 5) is 0.713. The van der Waals surface area contributed by atoms with Crippen molar-refractivity contribution in [1.82, 2.24) is 29.6 Å². The minimum absolute atomic E-state index is 0.253. The summed E-state index contributed by atoms with van der Waals surface area (Å²) in [7, 11) is 1.86. The number of hydrogen-bond acceptors (Lipinski definition) is 5. The third-order valence-electron chi connectivity index (χ3n) is 3.43. The molecule has 0 aliphatic heterocycles. The highest BCUT2D eigenvalue weighted by molar-refractivity contribution is 9.10. The molecular weight excluding hydrogens is 383 g/mol. The van der Waals surface area contributed by atoms with Crippen LogP contribution in [0.5, 0.6) is 0 Å². The summed E-state index contributed by atoms with van der Waals surface area (Å²) in [6, 6.07) is 6.35. The third-order valence-corrected chi connectivity index (χ3v) is 4.91. The molecule has 0 atom stereocenters. The van der Waals surface area contributed by atoms with Crippen molar-refractivity contribution in [3.8, 4) is 10.7 Å². The number of aromatic nitrogens is 6. The topological polar surface area (TPSA) is 60.9 Å². The second kappa shape index (κ2) is 5.50. The van der Waals surface area contributed by atoms with E-state index in [1.165, 1.54) is 23.5 Å². The van der Waals surface area contributed by atoms with Crippen LogP contribution in [-0.2, 0) is 13.5 Å². The normalized spacial score (nSPS) is 11.4. The molecule has 3 aromatic heterocycles. The lowest BCUT2D eigenvalue weighted by atomic mass is 10.1. The van der Waals surface area contributed by atoms with Gasteiger partial charge in [-0.1, -0.05) is 23.5 Å². The Hall–Kier alpha value is -2.13. The SMILES string of the molecule is Cn1ncc(Br)c1-c1nn2c(Cc3ccc(F)cc3)nnc2s1. The first-order chi connectivity index (χ1) is 11.1. The molecule has 3 heterocycles. The van der Waals surface area contributed by atoms with E-state index in [4.69, 9.17) is 0 Å². The van der Waals surface area contributed by atoms with E-state index < -0.39 is 0 Å². The molecular formula is C14H10BrFN6S. The van der Waals surface area contributed by atoms with E-state index in [-0.39, 0.29) is 5.82 Å². The molecule has 0 aliphatic rings. The molecule has 0 unspecified atom stereocenters. The number of hydrogen-bond donors (Lipinski definition) is 0. The Labute approximate surface area is 142 Å². The zero-order chi connectivity index (χ0) is 16.0. The van der Waals surface area contributed by atoms with Gasteiger partial charge in [0, 0.05) is 13.5 Å². The molecule has 0 spiro atoms. The molecule has 116 valence electrons. The van der Waals surface area contributed by atoms with Crippen molar-refractivity contribution in [2.75, 3.05) is 0 Å². The van der Waals surface area contributed by atoms with E-state index in [1.807, 2.05) is 7.05 Å². The molecule has 0 bridgehead atoms. The highest BCUT2D eigenvalue weighted by Crippen LogP contribution is 2.31.